The third kappa shape index (κ3) is 4.98. The van der Waals surface area contributed by atoms with E-state index in [1.807, 2.05) is 24.3 Å². The zero-order valence-corrected chi connectivity index (χ0v) is 17.2. The first-order chi connectivity index (χ1) is 13.5. The first kappa shape index (κ1) is 20.5. The van der Waals surface area contributed by atoms with Gasteiger partial charge < -0.3 is 10.6 Å². The summed E-state index contributed by atoms with van der Waals surface area (Å²) in [6.45, 7) is 0.706. The van der Waals surface area contributed by atoms with Crippen LogP contribution in [0.5, 0.6) is 0 Å². The van der Waals surface area contributed by atoms with Crippen LogP contribution in [-0.4, -0.2) is 24.9 Å². The van der Waals surface area contributed by atoms with Gasteiger partial charge in [-0.2, -0.15) is 0 Å². The summed E-state index contributed by atoms with van der Waals surface area (Å²) < 4.78 is 14.1. The highest BCUT2D eigenvalue weighted by Crippen LogP contribution is 2.42. The topological polar surface area (TPSA) is 58.2 Å². The van der Waals surface area contributed by atoms with Crippen molar-refractivity contribution in [3.05, 3.63) is 69.9 Å². The Morgan fingerprint density at radius 3 is 2.43 bits per heavy atom. The third-order valence-corrected chi connectivity index (χ3v) is 5.75. The molecule has 2 N–H and O–H groups in total. The maximum absolute atomic E-state index is 13.2. The van der Waals surface area contributed by atoms with Crippen LogP contribution >= 0.6 is 15.9 Å². The van der Waals surface area contributed by atoms with Crippen LogP contribution in [0.1, 0.15) is 36.8 Å². The summed E-state index contributed by atoms with van der Waals surface area (Å²) in [6.07, 6.45) is 3.85. The van der Waals surface area contributed by atoms with Gasteiger partial charge in [0.05, 0.1) is 11.8 Å². The van der Waals surface area contributed by atoms with Crippen LogP contribution in [0.25, 0.3) is 0 Å². The van der Waals surface area contributed by atoms with Gasteiger partial charge in [-0.25, -0.2) is 4.39 Å². The van der Waals surface area contributed by atoms with E-state index in [9.17, 15) is 14.0 Å². The quantitative estimate of drug-likeness (QED) is 0.634. The van der Waals surface area contributed by atoms with Gasteiger partial charge >= 0.3 is 0 Å². The molecule has 0 aromatic heterocycles. The van der Waals surface area contributed by atoms with Crippen LogP contribution in [-0.2, 0) is 21.4 Å². The van der Waals surface area contributed by atoms with Crippen molar-refractivity contribution in [2.45, 2.75) is 37.5 Å². The fourth-order valence-electron chi connectivity index (χ4n) is 3.85. The molecule has 2 amide bonds. The summed E-state index contributed by atoms with van der Waals surface area (Å²) in [4.78, 5) is 25.0. The largest absolute Gasteiger partial charge is 0.354 e. The molecule has 0 unspecified atom stereocenters. The second kappa shape index (κ2) is 9.32. The van der Waals surface area contributed by atoms with Gasteiger partial charge in [-0.15, -0.1) is 0 Å². The predicted octanol–water partition coefficient (Wildman–Crippen LogP) is 3.88. The molecule has 1 fully saturated rings. The molecule has 148 valence electrons. The SMILES string of the molecule is O=C(Cc1cccc(F)c1)NCCNC(=O)C1(c2cccc(Br)c2)CCCC1. The van der Waals surface area contributed by atoms with Gasteiger partial charge in [-0.3, -0.25) is 9.59 Å². The van der Waals surface area contributed by atoms with E-state index in [2.05, 4.69) is 26.6 Å². The van der Waals surface area contributed by atoms with Crippen molar-refractivity contribution in [1.29, 1.82) is 0 Å². The Morgan fingerprint density at radius 2 is 1.71 bits per heavy atom. The first-order valence-electron chi connectivity index (χ1n) is 9.55. The standard InChI is InChI=1S/C22H24BrFN2O2/c23-18-7-4-6-17(15-18)22(9-1-2-10-22)21(28)26-12-11-25-20(27)14-16-5-3-8-19(24)13-16/h3-8,13,15H,1-2,9-12,14H2,(H,25,27)(H,26,28). The molecule has 2 aromatic carbocycles. The molecule has 1 aliphatic rings. The van der Waals surface area contributed by atoms with Crippen LogP contribution in [0, 0.1) is 5.82 Å². The first-order valence-corrected chi connectivity index (χ1v) is 10.3. The van der Waals surface area contributed by atoms with E-state index in [1.54, 1.807) is 12.1 Å². The highest BCUT2D eigenvalue weighted by atomic mass is 79.9. The molecule has 0 bridgehead atoms. The Labute approximate surface area is 173 Å². The zero-order chi connectivity index (χ0) is 20.0. The monoisotopic (exact) mass is 446 g/mol. The summed E-state index contributed by atoms with van der Waals surface area (Å²) >= 11 is 3.49. The lowest BCUT2D eigenvalue weighted by Gasteiger charge is -2.28. The van der Waals surface area contributed by atoms with Crippen molar-refractivity contribution < 1.29 is 14.0 Å². The molecule has 3 rings (SSSR count). The molecule has 1 saturated carbocycles. The van der Waals surface area contributed by atoms with Crippen LogP contribution in [0.3, 0.4) is 0 Å². The highest BCUT2D eigenvalue weighted by Gasteiger charge is 2.42. The van der Waals surface area contributed by atoms with E-state index in [4.69, 9.17) is 0 Å². The molecule has 0 aliphatic heterocycles. The Morgan fingerprint density at radius 1 is 1.00 bits per heavy atom. The van der Waals surface area contributed by atoms with E-state index in [1.165, 1.54) is 12.1 Å². The zero-order valence-electron chi connectivity index (χ0n) is 15.6. The van der Waals surface area contributed by atoms with Gasteiger partial charge in [-0.1, -0.05) is 53.0 Å². The number of rotatable bonds is 7. The number of carbonyl (C=O) groups is 2. The molecule has 2 aromatic rings. The van der Waals surface area contributed by atoms with Crippen molar-refractivity contribution in [2.24, 2.45) is 0 Å². The molecule has 4 nitrogen and oxygen atoms in total. The van der Waals surface area contributed by atoms with E-state index >= 15 is 0 Å². The second-order valence-corrected chi connectivity index (χ2v) is 8.13. The van der Waals surface area contributed by atoms with Crippen molar-refractivity contribution in [1.82, 2.24) is 10.6 Å². The maximum atomic E-state index is 13.2. The van der Waals surface area contributed by atoms with Crippen LogP contribution in [0.4, 0.5) is 4.39 Å². The second-order valence-electron chi connectivity index (χ2n) is 7.21. The van der Waals surface area contributed by atoms with Gasteiger partial charge in [0, 0.05) is 17.6 Å². The third-order valence-electron chi connectivity index (χ3n) is 5.26. The molecule has 1 aliphatic carbocycles. The van der Waals surface area contributed by atoms with E-state index < -0.39 is 5.41 Å². The number of hydrogen-bond acceptors (Lipinski definition) is 2. The van der Waals surface area contributed by atoms with Gasteiger partial charge in [-0.05, 0) is 48.2 Å². The number of halogens is 2. The van der Waals surface area contributed by atoms with Gasteiger partial charge in [0.25, 0.3) is 0 Å². The summed E-state index contributed by atoms with van der Waals surface area (Å²) in [7, 11) is 0. The lowest BCUT2D eigenvalue weighted by molar-refractivity contribution is -0.127. The van der Waals surface area contributed by atoms with Crippen LogP contribution < -0.4 is 10.6 Å². The molecule has 0 heterocycles. The lowest BCUT2D eigenvalue weighted by Crippen LogP contribution is -2.45. The Kier molecular flexibility index (Phi) is 6.83. The average Bonchev–Trinajstić information content (AvgIpc) is 3.16. The van der Waals surface area contributed by atoms with Gasteiger partial charge in [0.2, 0.25) is 11.8 Å². The number of hydrogen-bond donors (Lipinski definition) is 2. The molecular formula is C22H24BrFN2O2. The lowest BCUT2D eigenvalue weighted by atomic mass is 9.78. The highest BCUT2D eigenvalue weighted by molar-refractivity contribution is 9.10. The summed E-state index contributed by atoms with van der Waals surface area (Å²) in [5.74, 6) is -0.531. The minimum absolute atomic E-state index is 0.0162. The maximum Gasteiger partial charge on any atom is 0.230 e. The predicted molar refractivity (Wildman–Crippen MR) is 110 cm³/mol. The van der Waals surface area contributed by atoms with Crippen molar-refractivity contribution in [3.63, 3.8) is 0 Å². The smallest absolute Gasteiger partial charge is 0.230 e. The van der Waals surface area contributed by atoms with E-state index in [0.717, 1.165) is 35.7 Å². The molecule has 0 saturated heterocycles. The van der Waals surface area contributed by atoms with Gasteiger partial charge in [0.1, 0.15) is 5.82 Å². The van der Waals surface area contributed by atoms with Crippen molar-refractivity contribution in [3.8, 4) is 0 Å². The Hall–Kier alpha value is -2.21. The average molecular weight is 447 g/mol. The van der Waals surface area contributed by atoms with Crippen LogP contribution in [0.15, 0.2) is 53.0 Å². The minimum atomic E-state index is -0.491. The van der Waals surface area contributed by atoms with E-state index in [-0.39, 0.29) is 24.1 Å². The molecule has 6 heteroatoms. The summed E-state index contributed by atoms with van der Waals surface area (Å²) in [5, 5.41) is 5.76. The molecule has 0 radical (unpaired) electrons. The normalized spacial score (nSPS) is 15.2. The van der Waals surface area contributed by atoms with Crippen molar-refractivity contribution >= 4 is 27.7 Å². The number of amides is 2. The Bertz CT molecular complexity index is 850. The van der Waals surface area contributed by atoms with Crippen LogP contribution in [0.2, 0.25) is 0 Å². The number of benzene rings is 2. The minimum Gasteiger partial charge on any atom is -0.354 e. The fourth-order valence-corrected chi connectivity index (χ4v) is 4.25. The van der Waals surface area contributed by atoms with Crippen molar-refractivity contribution in [2.75, 3.05) is 13.1 Å². The molecule has 28 heavy (non-hydrogen) atoms. The summed E-state index contributed by atoms with van der Waals surface area (Å²) in [6, 6.07) is 13.9. The molecular weight excluding hydrogens is 423 g/mol. The van der Waals surface area contributed by atoms with Gasteiger partial charge in [0.15, 0.2) is 0 Å². The van der Waals surface area contributed by atoms with E-state index in [0.29, 0.717) is 18.7 Å². The molecule has 0 spiro atoms. The number of carbonyl (C=O) groups excluding carboxylic acids is 2. The summed E-state index contributed by atoms with van der Waals surface area (Å²) in [5.41, 5.74) is 1.17. The fraction of sp³-hybridized carbons (Fsp3) is 0.364. The number of nitrogens with one attached hydrogen (secondary N) is 2. The molecule has 0 atom stereocenters. The Balaban J connectivity index is 1.51.